The normalized spacial score (nSPS) is 14.4. The SMILES string of the molecule is CCCCCCCc1cc(N2CCCN(Cc3ccnc4[nH]ccc34)C2=O)ccc1OC. The Labute approximate surface area is 190 Å². The quantitative estimate of drug-likeness (QED) is 0.403. The van der Waals surface area contributed by atoms with Gasteiger partial charge in [0.05, 0.1) is 7.11 Å². The number of ether oxygens (including phenoxy) is 1. The highest BCUT2D eigenvalue weighted by Gasteiger charge is 2.27. The molecule has 1 aliphatic heterocycles. The zero-order chi connectivity index (χ0) is 22.3. The van der Waals surface area contributed by atoms with Crippen LogP contribution in [0.3, 0.4) is 0 Å². The Morgan fingerprint density at radius 2 is 1.94 bits per heavy atom. The van der Waals surface area contributed by atoms with Gasteiger partial charge in [-0.05, 0) is 60.7 Å². The van der Waals surface area contributed by atoms with E-state index in [9.17, 15) is 4.79 Å². The van der Waals surface area contributed by atoms with E-state index in [2.05, 4.69) is 23.0 Å². The molecule has 1 fully saturated rings. The van der Waals surface area contributed by atoms with Crippen molar-refractivity contribution >= 4 is 22.8 Å². The van der Waals surface area contributed by atoms with Crippen LogP contribution in [0.25, 0.3) is 11.0 Å². The van der Waals surface area contributed by atoms with Crippen LogP contribution < -0.4 is 9.64 Å². The number of hydrogen-bond donors (Lipinski definition) is 1. The fraction of sp³-hybridized carbons (Fsp3) is 0.462. The highest BCUT2D eigenvalue weighted by atomic mass is 16.5. The molecule has 2 aromatic heterocycles. The number of hydrogen-bond acceptors (Lipinski definition) is 3. The lowest BCUT2D eigenvalue weighted by Crippen LogP contribution is -2.49. The Kier molecular flexibility index (Phi) is 7.30. The minimum absolute atomic E-state index is 0.0656. The van der Waals surface area contributed by atoms with Crippen molar-refractivity contribution in [3.63, 3.8) is 0 Å². The van der Waals surface area contributed by atoms with Gasteiger partial charge in [-0.2, -0.15) is 0 Å². The number of pyridine rings is 1. The number of carbonyl (C=O) groups is 1. The Morgan fingerprint density at radius 1 is 1.06 bits per heavy atom. The molecule has 0 radical (unpaired) electrons. The van der Waals surface area contributed by atoms with Crippen LogP contribution in [0.5, 0.6) is 5.75 Å². The summed E-state index contributed by atoms with van der Waals surface area (Å²) in [4.78, 5) is 24.8. The van der Waals surface area contributed by atoms with Crippen molar-refractivity contribution in [1.82, 2.24) is 14.9 Å². The molecule has 3 heterocycles. The lowest BCUT2D eigenvalue weighted by Gasteiger charge is -2.36. The maximum Gasteiger partial charge on any atom is 0.324 e. The van der Waals surface area contributed by atoms with Crippen molar-refractivity contribution in [2.75, 3.05) is 25.1 Å². The monoisotopic (exact) mass is 434 g/mol. The average molecular weight is 435 g/mol. The zero-order valence-electron chi connectivity index (χ0n) is 19.3. The number of fused-ring (bicyclic) bond motifs is 1. The molecular formula is C26H34N4O2. The van der Waals surface area contributed by atoms with E-state index < -0.39 is 0 Å². The molecule has 32 heavy (non-hydrogen) atoms. The molecule has 0 saturated carbocycles. The van der Waals surface area contributed by atoms with Crippen LogP contribution in [0.2, 0.25) is 0 Å². The number of methoxy groups -OCH3 is 1. The topological polar surface area (TPSA) is 61.5 Å². The Hall–Kier alpha value is -3.02. The third kappa shape index (κ3) is 4.90. The van der Waals surface area contributed by atoms with E-state index in [1.165, 1.54) is 31.2 Å². The molecule has 1 aromatic carbocycles. The third-order valence-electron chi connectivity index (χ3n) is 6.35. The summed E-state index contributed by atoms with van der Waals surface area (Å²) in [6.45, 7) is 4.34. The molecule has 0 spiro atoms. The van der Waals surface area contributed by atoms with Gasteiger partial charge in [-0.15, -0.1) is 0 Å². The smallest absolute Gasteiger partial charge is 0.324 e. The predicted octanol–water partition coefficient (Wildman–Crippen LogP) is 5.92. The number of rotatable bonds is 10. The number of anilines is 1. The molecule has 0 bridgehead atoms. The number of aryl methyl sites for hydroxylation is 1. The van der Waals surface area contributed by atoms with Gasteiger partial charge >= 0.3 is 6.03 Å². The summed E-state index contributed by atoms with van der Waals surface area (Å²) in [5, 5.41) is 1.08. The number of aromatic amines is 1. The highest BCUT2D eigenvalue weighted by molar-refractivity contribution is 5.93. The van der Waals surface area contributed by atoms with E-state index >= 15 is 0 Å². The number of unbranched alkanes of at least 4 members (excludes halogenated alkanes) is 4. The van der Waals surface area contributed by atoms with Crippen LogP contribution in [0.15, 0.2) is 42.7 Å². The van der Waals surface area contributed by atoms with Gasteiger partial charge in [0.15, 0.2) is 0 Å². The fourth-order valence-electron chi connectivity index (χ4n) is 4.58. The van der Waals surface area contributed by atoms with Crippen LogP contribution in [0.4, 0.5) is 10.5 Å². The second kappa shape index (κ2) is 10.5. The van der Waals surface area contributed by atoms with E-state index in [1.54, 1.807) is 13.3 Å². The molecule has 1 N–H and O–H groups in total. The van der Waals surface area contributed by atoms with E-state index in [0.717, 1.165) is 60.4 Å². The Morgan fingerprint density at radius 3 is 2.78 bits per heavy atom. The van der Waals surface area contributed by atoms with Crippen molar-refractivity contribution in [3.05, 3.63) is 53.9 Å². The number of amides is 2. The van der Waals surface area contributed by atoms with Gasteiger partial charge in [0.25, 0.3) is 0 Å². The predicted molar refractivity (Wildman–Crippen MR) is 129 cm³/mol. The molecule has 6 nitrogen and oxygen atoms in total. The first-order chi connectivity index (χ1) is 15.7. The number of benzene rings is 1. The molecule has 4 rings (SSSR count). The molecule has 3 aromatic rings. The number of carbonyl (C=O) groups excluding carboxylic acids is 1. The van der Waals surface area contributed by atoms with Crippen molar-refractivity contribution in [3.8, 4) is 5.75 Å². The number of nitrogens with zero attached hydrogens (tertiary/aromatic N) is 3. The first-order valence-corrected chi connectivity index (χ1v) is 11.9. The second-order valence-corrected chi connectivity index (χ2v) is 8.58. The standard InChI is InChI=1S/C26H34N4O2/c1-3-4-5-6-7-9-20-18-22(10-11-24(20)32-2)30-17-8-16-29(26(30)31)19-21-12-14-27-25-23(21)13-15-28-25/h10-15,18H,3-9,16-17,19H2,1-2H3,(H,27,28). The van der Waals surface area contributed by atoms with E-state index in [1.807, 2.05) is 40.3 Å². The molecule has 0 atom stereocenters. The van der Waals surface area contributed by atoms with E-state index in [4.69, 9.17) is 4.74 Å². The van der Waals surface area contributed by atoms with Crippen LogP contribution in [0.1, 0.15) is 56.6 Å². The molecule has 1 saturated heterocycles. The van der Waals surface area contributed by atoms with Gasteiger partial charge < -0.3 is 14.6 Å². The summed E-state index contributed by atoms with van der Waals surface area (Å²) in [6, 6.07) is 10.3. The van der Waals surface area contributed by atoms with E-state index in [0.29, 0.717) is 6.54 Å². The van der Waals surface area contributed by atoms with Crippen LogP contribution in [-0.4, -0.2) is 41.1 Å². The molecule has 6 heteroatoms. The number of urea groups is 1. The summed E-state index contributed by atoms with van der Waals surface area (Å²) >= 11 is 0. The first-order valence-electron chi connectivity index (χ1n) is 11.9. The third-order valence-corrected chi connectivity index (χ3v) is 6.35. The zero-order valence-corrected chi connectivity index (χ0v) is 19.3. The highest BCUT2D eigenvalue weighted by Crippen LogP contribution is 2.29. The van der Waals surface area contributed by atoms with Crippen molar-refractivity contribution in [1.29, 1.82) is 0 Å². The molecular weight excluding hydrogens is 400 g/mol. The summed E-state index contributed by atoms with van der Waals surface area (Å²) in [5.74, 6) is 0.914. The van der Waals surface area contributed by atoms with Gasteiger partial charge in [-0.1, -0.05) is 32.6 Å². The van der Waals surface area contributed by atoms with Crippen LogP contribution in [0, 0.1) is 0 Å². The van der Waals surface area contributed by atoms with Crippen molar-refractivity contribution in [2.24, 2.45) is 0 Å². The van der Waals surface area contributed by atoms with Crippen LogP contribution in [-0.2, 0) is 13.0 Å². The fourth-order valence-corrected chi connectivity index (χ4v) is 4.58. The Balaban J connectivity index is 1.48. The lowest BCUT2D eigenvalue weighted by molar-refractivity contribution is 0.192. The summed E-state index contributed by atoms with van der Waals surface area (Å²) < 4.78 is 5.60. The maximum absolute atomic E-state index is 13.4. The number of nitrogens with one attached hydrogen (secondary N) is 1. The minimum atomic E-state index is 0.0656. The summed E-state index contributed by atoms with van der Waals surface area (Å²) in [6.07, 6.45) is 11.8. The van der Waals surface area contributed by atoms with Gasteiger partial charge in [-0.25, -0.2) is 9.78 Å². The van der Waals surface area contributed by atoms with Crippen molar-refractivity contribution < 1.29 is 9.53 Å². The van der Waals surface area contributed by atoms with E-state index in [-0.39, 0.29) is 6.03 Å². The number of aromatic nitrogens is 2. The summed E-state index contributed by atoms with van der Waals surface area (Å²) in [7, 11) is 1.72. The Bertz CT molecular complexity index is 1050. The molecule has 2 amide bonds. The van der Waals surface area contributed by atoms with Crippen LogP contribution >= 0.6 is 0 Å². The summed E-state index contributed by atoms with van der Waals surface area (Å²) in [5.41, 5.74) is 4.14. The van der Waals surface area contributed by atoms with Gasteiger partial charge in [-0.3, -0.25) is 4.90 Å². The lowest BCUT2D eigenvalue weighted by atomic mass is 10.0. The molecule has 0 aliphatic carbocycles. The van der Waals surface area contributed by atoms with Gasteiger partial charge in [0, 0.05) is 43.1 Å². The first kappa shape index (κ1) is 22.2. The number of H-pyrrole nitrogens is 1. The van der Waals surface area contributed by atoms with Gasteiger partial charge in [0.1, 0.15) is 11.4 Å². The maximum atomic E-state index is 13.4. The van der Waals surface area contributed by atoms with Gasteiger partial charge in [0.2, 0.25) is 0 Å². The molecule has 1 aliphatic rings. The largest absolute Gasteiger partial charge is 0.496 e. The minimum Gasteiger partial charge on any atom is -0.496 e. The average Bonchev–Trinajstić information content (AvgIpc) is 3.30. The second-order valence-electron chi connectivity index (χ2n) is 8.58. The molecule has 170 valence electrons. The molecule has 0 unspecified atom stereocenters. The van der Waals surface area contributed by atoms with Crippen molar-refractivity contribution in [2.45, 2.75) is 58.4 Å².